The maximum absolute atomic E-state index is 11.9. The van der Waals surface area contributed by atoms with Crippen LogP contribution in [0.15, 0.2) is 24.3 Å². The molecule has 0 fully saturated rings. The van der Waals surface area contributed by atoms with E-state index in [0.717, 1.165) is 17.7 Å². The first kappa shape index (κ1) is 15.5. The Balaban J connectivity index is 2.46. The number of carbonyl (C=O) groups excluding carboxylic acids is 1. The molecule has 0 aromatic heterocycles. The summed E-state index contributed by atoms with van der Waals surface area (Å²) in [6.45, 7) is 5.20. The number of methoxy groups -OCH3 is 1. The fraction of sp³-hybridized carbons (Fsp3) is 0.533. The summed E-state index contributed by atoms with van der Waals surface area (Å²) in [5.74, 6) is 0.666. The number of benzene rings is 1. The average molecular weight is 265 g/mol. The number of hydrogen-bond acceptors (Lipinski definition) is 3. The molecule has 0 saturated heterocycles. The van der Waals surface area contributed by atoms with Crippen molar-refractivity contribution in [3.63, 3.8) is 0 Å². The Kier molecular flexibility index (Phi) is 6.97. The molecule has 0 bridgehead atoms. The zero-order valence-electron chi connectivity index (χ0n) is 11.9. The SMILES string of the molecule is CC[C@H](Oc1cccc(C)c1)C(=O)NCCCOC. The van der Waals surface area contributed by atoms with Crippen LogP contribution in [-0.2, 0) is 9.53 Å². The lowest BCUT2D eigenvalue weighted by Crippen LogP contribution is -2.38. The molecule has 4 heteroatoms. The number of amides is 1. The van der Waals surface area contributed by atoms with Crippen LogP contribution in [-0.4, -0.2) is 32.3 Å². The Morgan fingerprint density at radius 3 is 2.84 bits per heavy atom. The van der Waals surface area contributed by atoms with Crippen LogP contribution in [0.25, 0.3) is 0 Å². The van der Waals surface area contributed by atoms with E-state index < -0.39 is 6.10 Å². The lowest BCUT2D eigenvalue weighted by atomic mass is 10.2. The molecule has 0 unspecified atom stereocenters. The maximum Gasteiger partial charge on any atom is 0.261 e. The fourth-order valence-corrected chi connectivity index (χ4v) is 1.72. The minimum atomic E-state index is -0.440. The van der Waals surface area contributed by atoms with Crippen LogP contribution in [0, 0.1) is 6.92 Å². The molecule has 1 N–H and O–H groups in total. The maximum atomic E-state index is 11.9. The molecule has 1 atom stereocenters. The van der Waals surface area contributed by atoms with E-state index in [-0.39, 0.29) is 5.91 Å². The first-order valence-corrected chi connectivity index (χ1v) is 6.67. The standard InChI is InChI=1S/C15H23NO3/c1-4-14(15(17)16-9-6-10-18-3)19-13-8-5-7-12(2)11-13/h5,7-8,11,14H,4,6,9-10H2,1-3H3,(H,16,17)/t14-/m0/s1. The Hall–Kier alpha value is -1.55. The summed E-state index contributed by atoms with van der Waals surface area (Å²) in [5, 5.41) is 2.86. The van der Waals surface area contributed by atoms with Crippen molar-refractivity contribution in [1.29, 1.82) is 0 Å². The van der Waals surface area contributed by atoms with Gasteiger partial charge in [-0.25, -0.2) is 0 Å². The number of carbonyl (C=O) groups is 1. The van der Waals surface area contributed by atoms with Crippen LogP contribution < -0.4 is 10.1 Å². The van der Waals surface area contributed by atoms with E-state index in [1.165, 1.54) is 0 Å². The van der Waals surface area contributed by atoms with Crippen molar-refractivity contribution in [3.05, 3.63) is 29.8 Å². The number of aryl methyl sites for hydroxylation is 1. The Bertz CT molecular complexity index is 393. The topological polar surface area (TPSA) is 47.6 Å². The molecule has 19 heavy (non-hydrogen) atoms. The Morgan fingerprint density at radius 2 is 2.21 bits per heavy atom. The lowest BCUT2D eigenvalue weighted by molar-refractivity contribution is -0.128. The summed E-state index contributed by atoms with van der Waals surface area (Å²) in [4.78, 5) is 11.9. The zero-order valence-corrected chi connectivity index (χ0v) is 11.9. The van der Waals surface area contributed by atoms with Crippen molar-refractivity contribution >= 4 is 5.91 Å². The number of hydrogen-bond donors (Lipinski definition) is 1. The van der Waals surface area contributed by atoms with Crippen LogP contribution in [0.1, 0.15) is 25.3 Å². The largest absolute Gasteiger partial charge is 0.481 e. The normalized spacial score (nSPS) is 11.9. The van der Waals surface area contributed by atoms with Gasteiger partial charge in [0.25, 0.3) is 5.91 Å². The van der Waals surface area contributed by atoms with Crippen molar-refractivity contribution < 1.29 is 14.3 Å². The van der Waals surface area contributed by atoms with Gasteiger partial charge in [-0.2, -0.15) is 0 Å². The first-order chi connectivity index (χ1) is 9.17. The van der Waals surface area contributed by atoms with E-state index >= 15 is 0 Å². The number of nitrogens with one attached hydrogen (secondary N) is 1. The van der Waals surface area contributed by atoms with Gasteiger partial charge in [-0.3, -0.25) is 4.79 Å². The molecule has 1 rings (SSSR count). The Labute approximate surface area is 115 Å². The van der Waals surface area contributed by atoms with E-state index in [1.54, 1.807) is 7.11 Å². The van der Waals surface area contributed by atoms with Gasteiger partial charge in [0.2, 0.25) is 0 Å². The quantitative estimate of drug-likeness (QED) is 0.734. The van der Waals surface area contributed by atoms with Gasteiger partial charge < -0.3 is 14.8 Å². The highest BCUT2D eigenvalue weighted by atomic mass is 16.5. The molecule has 106 valence electrons. The van der Waals surface area contributed by atoms with Gasteiger partial charge in [0.05, 0.1) is 0 Å². The highest BCUT2D eigenvalue weighted by molar-refractivity contribution is 5.81. The average Bonchev–Trinajstić information content (AvgIpc) is 2.41. The molecule has 0 spiro atoms. The van der Waals surface area contributed by atoms with Crippen molar-refractivity contribution in [2.24, 2.45) is 0 Å². The molecule has 4 nitrogen and oxygen atoms in total. The van der Waals surface area contributed by atoms with E-state index in [9.17, 15) is 4.79 Å². The van der Waals surface area contributed by atoms with Crippen LogP contribution in [0.4, 0.5) is 0 Å². The third-order valence-electron chi connectivity index (χ3n) is 2.76. The van der Waals surface area contributed by atoms with Crippen LogP contribution in [0.2, 0.25) is 0 Å². The molecular weight excluding hydrogens is 242 g/mol. The summed E-state index contributed by atoms with van der Waals surface area (Å²) in [7, 11) is 1.65. The molecule has 0 aliphatic heterocycles. The second kappa shape index (κ2) is 8.53. The summed E-state index contributed by atoms with van der Waals surface area (Å²) >= 11 is 0. The van der Waals surface area contributed by atoms with Crippen molar-refractivity contribution in [2.45, 2.75) is 32.8 Å². The molecule has 0 heterocycles. The highest BCUT2D eigenvalue weighted by Gasteiger charge is 2.17. The van der Waals surface area contributed by atoms with Crippen molar-refractivity contribution in [3.8, 4) is 5.75 Å². The molecule has 1 amide bonds. The van der Waals surface area contributed by atoms with E-state index in [1.807, 2.05) is 38.1 Å². The molecule has 0 saturated carbocycles. The molecular formula is C15H23NO3. The summed E-state index contributed by atoms with van der Waals surface area (Å²) in [6, 6.07) is 7.72. The summed E-state index contributed by atoms with van der Waals surface area (Å²) in [5.41, 5.74) is 1.12. The first-order valence-electron chi connectivity index (χ1n) is 6.67. The summed E-state index contributed by atoms with van der Waals surface area (Å²) < 4.78 is 10.7. The minimum Gasteiger partial charge on any atom is -0.481 e. The van der Waals surface area contributed by atoms with Gasteiger partial charge in [0.1, 0.15) is 5.75 Å². The van der Waals surface area contributed by atoms with E-state index in [0.29, 0.717) is 19.6 Å². The van der Waals surface area contributed by atoms with Gasteiger partial charge in [0.15, 0.2) is 6.10 Å². The second-order valence-corrected chi connectivity index (χ2v) is 4.47. The predicted molar refractivity (Wildman–Crippen MR) is 75.4 cm³/mol. The van der Waals surface area contributed by atoms with E-state index in [4.69, 9.17) is 9.47 Å². The van der Waals surface area contributed by atoms with Crippen molar-refractivity contribution in [2.75, 3.05) is 20.3 Å². The van der Waals surface area contributed by atoms with E-state index in [2.05, 4.69) is 5.32 Å². The van der Waals surface area contributed by atoms with Crippen LogP contribution in [0.3, 0.4) is 0 Å². The van der Waals surface area contributed by atoms with Gasteiger partial charge >= 0.3 is 0 Å². The monoisotopic (exact) mass is 265 g/mol. The fourth-order valence-electron chi connectivity index (χ4n) is 1.72. The molecule has 1 aromatic rings. The number of rotatable bonds is 8. The molecule has 0 aliphatic rings. The molecule has 1 aromatic carbocycles. The summed E-state index contributed by atoms with van der Waals surface area (Å²) in [6.07, 6.45) is 1.01. The predicted octanol–water partition coefficient (Wildman–Crippen LogP) is 2.31. The van der Waals surface area contributed by atoms with Crippen LogP contribution in [0.5, 0.6) is 5.75 Å². The van der Waals surface area contributed by atoms with Gasteiger partial charge in [-0.05, 0) is 37.5 Å². The molecule has 0 aliphatic carbocycles. The van der Waals surface area contributed by atoms with Crippen LogP contribution >= 0.6 is 0 Å². The van der Waals surface area contributed by atoms with Gasteiger partial charge in [0, 0.05) is 20.3 Å². The number of ether oxygens (including phenoxy) is 2. The minimum absolute atomic E-state index is 0.0693. The molecule has 0 radical (unpaired) electrons. The third-order valence-corrected chi connectivity index (χ3v) is 2.76. The van der Waals surface area contributed by atoms with Gasteiger partial charge in [-0.15, -0.1) is 0 Å². The van der Waals surface area contributed by atoms with Crippen molar-refractivity contribution in [1.82, 2.24) is 5.32 Å². The van der Waals surface area contributed by atoms with Gasteiger partial charge in [-0.1, -0.05) is 19.1 Å². The lowest BCUT2D eigenvalue weighted by Gasteiger charge is -2.17. The third kappa shape index (κ3) is 5.75. The Morgan fingerprint density at radius 1 is 1.42 bits per heavy atom. The zero-order chi connectivity index (χ0) is 14.1. The smallest absolute Gasteiger partial charge is 0.261 e. The second-order valence-electron chi connectivity index (χ2n) is 4.47. The highest BCUT2D eigenvalue weighted by Crippen LogP contribution is 2.15.